The zero-order chi connectivity index (χ0) is 17.4. The fourth-order valence-corrected chi connectivity index (χ4v) is 3.70. The van der Waals surface area contributed by atoms with Crippen LogP contribution < -0.4 is 4.72 Å². The SMILES string of the molecule is Cn1cc(C(=O)NS(=O)(=O)c2ccccc2Br)nc1C(F)(F)F. The number of nitrogens with one attached hydrogen (secondary N) is 1. The standard InChI is InChI=1S/C12H9BrF3N3O3S/c1-19-6-8(17-11(19)12(14,15)16)10(20)18-23(21,22)9-5-3-2-4-7(9)13/h2-6H,1H3,(H,18,20). The summed E-state index contributed by atoms with van der Waals surface area (Å²) in [6.45, 7) is 0. The molecule has 0 bridgehead atoms. The Morgan fingerprint density at radius 3 is 2.43 bits per heavy atom. The summed E-state index contributed by atoms with van der Waals surface area (Å²) < 4.78 is 64.6. The fourth-order valence-electron chi connectivity index (χ4n) is 1.73. The molecule has 0 aliphatic carbocycles. The van der Waals surface area contributed by atoms with Crippen LogP contribution in [0.4, 0.5) is 13.2 Å². The molecular weight excluding hydrogens is 403 g/mol. The van der Waals surface area contributed by atoms with Crippen LogP contribution in [0.3, 0.4) is 0 Å². The van der Waals surface area contributed by atoms with Crippen molar-refractivity contribution in [1.82, 2.24) is 14.3 Å². The molecule has 23 heavy (non-hydrogen) atoms. The summed E-state index contributed by atoms with van der Waals surface area (Å²) in [7, 11) is -3.20. The molecule has 0 saturated carbocycles. The van der Waals surface area contributed by atoms with Crippen LogP contribution in [0.25, 0.3) is 0 Å². The number of imidazole rings is 1. The van der Waals surface area contributed by atoms with Gasteiger partial charge in [0.2, 0.25) is 5.82 Å². The minimum atomic E-state index is -4.76. The normalized spacial score (nSPS) is 12.2. The van der Waals surface area contributed by atoms with Crippen LogP contribution in [0.5, 0.6) is 0 Å². The zero-order valence-electron chi connectivity index (χ0n) is 11.4. The molecule has 0 saturated heterocycles. The van der Waals surface area contributed by atoms with Gasteiger partial charge >= 0.3 is 6.18 Å². The first-order chi connectivity index (χ1) is 10.5. The van der Waals surface area contributed by atoms with Gasteiger partial charge in [-0.05, 0) is 28.1 Å². The van der Waals surface area contributed by atoms with Crippen LogP contribution in [-0.4, -0.2) is 23.9 Å². The number of benzene rings is 1. The lowest BCUT2D eigenvalue weighted by atomic mass is 10.4. The minimum absolute atomic E-state index is 0.206. The molecule has 124 valence electrons. The molecule has 1 amide bonds. The monoisotopic (exact) mass is 411 g/mol. The highest BCUT2D eigenvalue weighted by atomic mass is 79.9. The number of amides is 1. The minimum Gasteiger partial charge on any atom is -0.330 e. The molecule has 0 aliphatic rings. The Labute approximate surface area is 137 Å². The number of rotatable bonds is 3. The molecule has 2 aromatic rings. The van der Waals surface area contributed by atoms with Gasteiger partial charge in [-0.15, -0.1) is 0 Å². The van der Waals surface area contributed by atoms with Crippen molar-refractivity contribution in [2.24, 2.45) is 7.05 Å². The summed E-state index contributed by atoms with van der Waals surface area (Å²) in [5, 5.41) is 0. The van der Waals surface area contributed by atoms with E-state index in [0.29, 0.717) is 4.57 Å². The van der Waals surface area contributed by atoms with Crippen LogP contribution in [0.15, 0.2) is 39.8 Å². The van der Waals surface area contributed by atoms with Crippen LogP contribution in [-0.2, 0) is 23.2 Å². The van der Waals surface area contributed by atoms with E-state index in [0.717, 1.165) is 13.2 Å². The van der Waals surface area contributed by atoms with Crippen LogP contribution in [0, 0.1) is 0 Å². The lowest BCUT2D eigenvalue weighted by molar-refractivity contribution is -0.146. The molecule has 11 heteroatoms. The third-order valence-electron chi connectivity index (χ3n) is 2.72. The van der Waals surface area contributed by atoms with Crippen molar-refractivity contribution in [2.75, 3.05) is 0 Å². The number of sulfonamides is 1. The molecule has 0 aliphatic heterocycles. The van der Waals surface area contributed by atoms with E-state index < -0.39 is 33.6 Å². The van der Waals surface area contributed by atoms with Crippen molar-refractivity contribution in [3.63, 3.8) is 0 Å². The highest BCUT2D eigenvalue weighted by Crippen LogP contribution is 2.28. The first-order valence-corrected chi connectivity index (χ1v) is 8.22. The number of carbonyl (C=O) groups is 1. The van der Waals surface area contributed by atoms with Gasteiger partial charge in [0.05, 0.1) is 0 Å². The molecule has 1 heterocycles. The van der Waals surface area contributed by atoms with Crippen molar-refractivity contribution < 1.29 is 26.4 Å². The van der Waals surface area contributed by atoms with Gasteiger partial charge in [0.15, 0.2) is 0 Å². The Kier molecular flexibility index (Phi) is 4.53. The lowest BCUT2D eigenvalue weighted by Gasteiger charge is -2.07. The Morgan fingerprint density at radius 2 is 1.91 bits per heavy atom. The smallest absolute Gasteiger partial charge is 0.330 e. The Bertz CT molecular complexity index is 862. The predicted molar refractivity (Wildman–Crippen MR) is 77.0 cm³/mol. The third kappa shape index (κ3) is 3.72. The zero-order valence-corrected chi connectivity index (χ0v) is 13.8. The van der Waals surface area contributed by atoms with Crippen molar-refractivity contribution in [3.8, 4) is 0 Å². The van der Waals surface area contributed by atoms with Gasteiger partial charge < -0.3 is 4.57 Å². The van der Waals surface area contributed by atoms with E-state index in [1.807, 2.05) is 0 Å². The Balaban J connectivity index is 2.31. The number of nitrogens with zero attached hydrogens (tertiary/aromatic N) is 2. The summed E-state index contributed by atoms with van der Waals surface area (Å²) in [5.74, 6) is -2.56. The molecular formula is C12H9BrF3N3O3S. The van der Waals surface area contributed by atoms with Gasteiger partial charge in [0, 0.05) is 17.7 Å². The molecule has 6 nitrogen and oxygen atoms in total. The number of aryl methyl sites for hydroxylation is 1. The van der Waals surface area contributed by atoms with Crippen molar-refractivity contribution in [1.29, 1.82) is 0 Å². The predicted octanol–water partition coefficient (Wildman–Crippen LogP) is 2.32. The number of halogens is 4. The van der Waals surface area contributed by atoms with Gasteiger partial charge in [0.1, 0.15) is 10.6 Å². The number of hydrogen-bond acceptors (Lipinski definition) is 4. The summed E-state index contributed by atoms with van der Waals surface area (Å²) in [6.07, 6.45) is -3.96. The van der Waals surface area contributed by atoms with E-state index >= 15 is 0 Å². The Hall–Kier alpha value is -1.88. The summed E-state index contributed by atoms with van der Waals surface area (Å²) in [5.41, 5.74) is -0.657. The maximum atomic E-state index is 12.6. The third-order valence-corrected chi connectivity index (χ3v) is 5.06. The van der Waals surface area contributed by atoms with Gasteiger partial charge in [-0.2, -0.15) is 13.2 Å². The van der Waals surface area contributed by atoms with Gasteiger partial charge in [-0.25, -0.2) is 18.1 Å². The lowest BCUT2D eigenvalue weighted by Crippen LogP contribution is -2.31. The molecule has 1 aromatic carbocycles. The maximum absolute atomic E-state index is 12.6. The summed E-state index contributed by atoms with van der Waals surface area (Å²) >= 11 is 3.02. The molecule has 1 N–H and O–H groups in total. The topological polar surface area (TPSA) is 81.1 Å². The van der Waals surface area contributed by atoms with Gasteiger partial charge in [-0.1, -0.05) is 12.1 Å². The summed E-state index contributed by atoms with van der Waals surface area (Å²) in [4.78, 5) is 14.8. The molecule has 0 atom stereocenters. The molecule has 0 spiro atoms. The molecule has 0 radical (unpaired) electrons. The van der Waals surface area contributed by atoms with Gasteiger partial charge in [0.25, 0.3) is 15.9 Å². The quantitative estimate of drug-likeness (QED) is 0.839. The van der Waals surface area contributed by atoms with Crippen molar-refractivity contribution >= 4 is 31.9 Å². The van der Waals surface area contributed by atoms with Gasteiger partial charge in [-0.3, -0.25) is 4.79 Å². The second-order valence-electron chi connectivity index (χ2n) is 4.42. The van der Waals surface area contributed by atoms with Crippen molar-refractivity contribution in [3.05, 3.63) is 46.5 Å². The molecule has 2 rings (SSSR count). The first-order valence-electron chi connectivity index (χ1n) is 5.94. The highest BCUT2D eigenvalue weighted by Gasteiger charge is 2.37. The second kappa shape index (κ2) is 5.96. The number of alkyl halides is 3. The average molecular weight is 412 g/mol. The fraction of sp³-hybridized carbons (Fsp3) is 0.167. The van der Waals surface area contributed by atoms with E-state index in [4.69, 9.17) is 0 Å². The van der Waals surface area contributed by atoms with Crippen LogP contribution in [0.2, 0.25) is 0 Å². The van der Waals surface area contributed by atoms with Crippen LogP contribution in [0.1, 0.15) is 16.3 Å². The maximum Gasteiger partial charge on any atom is 0.449 e. The highest BCUT2D eigenvalue weighted by molar-refractivity contribution is 9.10. The molecule has 1 aromatic heterocycles. The number of carbonyl (C=O) groups excluding carboxylic acids is 1. The largest absolute Gasteiger partial charge is 0.449 e. The summed E-state index contributed by atoms with van der Waals surface area (Å²) in [6, 6.07) is 5.69. The van der Waals surface area contributed by atoms with Crippen molar-refractivity contribution in [2.45, 2.75) is 11.1 Å². The van der Waals surface area contributed by atoms with E-state index in [9.17, 15) is 26.4 Å². The van der Waals surface area contributed by atoms with E-state index in [1.165, 1.54) is 18.2 Å². The van der Waals surface area contributed by atoms with E-state index in [2.05, 4.69) is 20.9 Å². The second-order valence-corrected chi connectivity index (χ2v) is 6.93. The van der Waals surface area contributed by atoms with Crippen LogP contribution >= 0.6 is 15.9 Å². The number of aromatic nitrogens is 2. The average Bonchev–Trinajstić information content (AvgIpc) is 2.80. The molecule has 0 fully saturated rings. The molecule has 0 unspecified atom stereocenters. The van der Waals surface area contributed by atoms with E-state index in [-0.39, 0.29) is 9.37 Å². The Morgan fingerprint density at radius 1 is 1.30 bits per heavy atom. The first kappa shape index (κ1) is 17.5. The van der Waals surface area contributed by atoms with E-state index in [1.54, 1.807) is 10.8 Å². The number of hydrogen-bond donors (Lipinski definition) is 1.